The van der Waals surface area contributed by atoms with Crippen LogP contribution in [0.4, 0.5) is 0 Å². The SMILES string of the molecule is CCOc1ccc(-c2nc(COC(=O)c3nnn(-c4ccc(OCC)cc4)c3C)c(C)o2)cc1. The van der Waals surface area contributed by atoms with Crippen molar-refractivity contribution >= 4 is 5.97 Å². The Balaban J connectivity index is 1.43. The normalized spacial score (nSPS) is 10.8. The van der Waals surface area contributed by atoms with Crippen LogP contribution in [0.1, 0.15) is 41.5 Å². The van der Waals surface area contributed by atoms with Crippen molar-refractivity contribution in [2.24, 2.45) is 0 Å². The van der Waals surface area contributed by atoms with E-state index >= 15 is 0 Å². The molecule has 0 fully saturated rings. The molecule has 2 aromatic carbocycles. The van der Waals surface area contributed by atoms with Gasteiger partial charge in [0, 0.05) is 5.56 Å². The summed E-state index contributed by atoms with van der Waals surface area (Å²) in [5, 5.41) is 8.11. The fourth-order valence-electron chi connectivity index (χ4n) is 3.36. The average Bonchev–Trinajstić information content (AvgIpc) is 3.41. The van der Waals surface area contributed by atoms with Gasteiger partial charge in [-0.25, -0.2) is 14.5 Å². The number of hydrogen-bond donors (Lipinski definition) is 0. The van der Waals surface area contributed by atoms with Gasteiger partial charge < -0.3 is 18.6 Å². The van der Waals surface area contributed by atoms with Crippen LogP contribution in [-0.2, 0) is 11.3 Å². The maximum Gasteiger partial charge on any atom is 0.361 e. The quantitative estimate of drug-likeness (QED) is 0.330. The topological polar surface area (TPSA) is 102 Å². The van der Waals surface area contributed by atoms with Gasteiger partial charge >= 0.3 is 5.97 Å². The van der Waals surface area contributed by atoms with Crippen LogP contribution in [0.25, 0.3) is 17.1 Å². The Kier molecular flexibility index (Phi) is 6.91. The molecular weight excluding hydrogens is 436 g/mol. The van der Waals surface area contributed by atoms with Crippen molar-refractivity contribution in [2.45, 2.75) is 34.3 Å². The zero-order valence-corrected chi connectivity index (χ0v) is 19.6. The number of ether oxygens (including phenoxy) is 3. The Morgan fingerprint density at radius 1 is 0.941 bits per heavy atom. The number of carbonyl (C=O) groups is 1. The smallest absolute Gasteiger partial charge is 0.361 e. The van der Waals surface area contributed by atoms with Crippen LogP contribution < -0.4 is 9.47 Å². The number of benzene rings is 2. The summed E-state index contributed by atoms with van der Waals surface area (Å²) in [7, 11) is 0. The summed E-state index contributed by atoms with van der Waals surface area (Å²) in [4.78, 5) is 17.2. The molecule has 176 valence electrons. The first-order valence-corrected chi connectivity index (χ1v) is 11.0. The minimum atomic E-state index is -0.584. The first kappa shape index (κ1) is 23.0. The van der Waals surface area contributed by atoms with Gasteiger partial charge in [-0.1, -0.05) is 5.21 Å². The largest absolute Gasteiger partial charge is 0.494 e. The zero-order chi connectivity index (χ0) is 24.1. The first-order valence-electron chi connectivity index (χ1n) is 11.0. The van der Waals surface area contributed by atoms with Crippen molar-refractivity contribution in [3.63, 3.8) is 0 Å². The lowest BCUT2D eigenvalue weighted by Crippen LogP contribution is -2.09. The average molecular weight is 463 g/mol. The van der Waals surface area contributed by atoms with E-state index in [9.17, 15) is 4.79 Å². The highest BCUT2D eigenvalue weighted by molar-refractivity contribution is 5.88. The molecule has 0 aliphatic rings. The van der Waals surface area contributed by atoms with Gasteiger partial charge in [0.1, 0.15) is 29.6 Å². The van der Waals surface area contributed by atoms with E-state index in [0.29, 0.717) is 36.3 Å². The lowest BCUT2D eigenvalue weighted by atomic mass is 10.2. The number of nitrogens with zero attached hydrogens (tertiary/aromatic N) is 4. The molecule has 2 heterocycles. The van der Waals surface area contributed by atoms with Gasteiger partial charge in [0.25, 0.3) is 0 Å². The lowest BCUT2D eigenvalue weighted by Gasteiger charge is -2.06. The fraction of sp³-hybridized carbons (Fsp3) is 0.280. The molecule has 2 aromatic heterocycles. The predicted octanol–water partition coefficient (Wildman–Crippen LogP) is 4.69. The summed E-state index contributed by atoms with van der Waals surface area (Å²) in [6, 6.07) is 14.8. The molecule has 0 saturated carbocycles. The monoisotopic (exact) mass is 462 g/mol. The van der Waals surface area contributed by atoms with E-state index in [-0.39, 0.29) is 12.3 Å². The Morgan fingerprint density at radius 3 is 2.18 bits per heavy atom. The van der Waals surface area contributed by atoms with E-state index in [1.807, 2.05) is 62.4 Å². The molecule has 0 saturated heterocycles. The van der Waals surface area contributed by atoms with Gasteiger partial charge in [-0.2, -0.15) is 0 Å². The number of rotatable bonds is 9. The van der Waals surface area contributed by atoms with E-state index in [1.54, 1.807) is 18.5 Å². The maximum absolute atomic E-state index is 12.7. The number of hydrogen-bond acceptors (Lipinski definition) is 8. The summed E-state index contributed by atoms with van der Waals surface area (Å²) in [6.07, 6.45) is 0. The van der Waals surface area contributed by atoms with Crippen molar-refractivity contribution in [1.29, 1.82) is 0 Å². The van der Waals surface area contributed by atoms with Gasteiger partial charge in [-0.3, -0.25) is 0 Å². The van der Waals surface area contributed by atoms with E-state index < -0.39 is 5.97 Å². The molecule has 0 unspecified atom stereocenters. The molecule has 4 rings (SSSR count). The van der Waals surface area contributed by atoms with E-state index in [4.69, 9.17) is 18.6 Å². The predicted molar refractivity (Wildman–Crippen MR) is 124 cm³/mol. The number of carbonyl (C=O) groups excluding carboxylic acids is 1. The van der Waals surface area contributed by atoms with Gasteiger partial charge in [0.15, 0.2) is 5.69 Å². The summed E-state index contributed by atoms with van der Waals surface area (Å²) in [5.41, 5.74) is 2.81. The third-order valence-corrected chi connectivity index (χ3v) is 5.13. The second kappa shape index (κ2) is 10.2. The van der Waals surface area contributed by atoms with Gasteiger partial charge in [-0.15, -0.1) is 5.10 Å². The molecule has 9 heteroatoms. The van der Waals surface area contributed by atoms with Crippen molar-refractivity contribution in [1.82, 2.24) is 20.0 Å². The minimum Gasteiger partial charge on any atom is -0.494 e. The maximum atomic E-state index is 12.7. The fourth-order valence-corrected chi connectivity index (χ4v) is 3.36. The summed E-state index contributed by atoms with van der Waals surface area (Å²) >= 11 is 0. The van der Waals surface area contributed by atoms with Crippen LogP contribution in [0, 0.1) is 13.8 Å². The van der Waals surface area contributed by atoms with Crippen LogP contribution in [0.3, 0.4) is 0 Å². The Hall–Kier alpha value is -4.14. The van der Waals surface area contributed by atoms with Crippen molar-refractivity contribution in [3.05, 3.63) is 71.4 Å². The highest BCUT2D eigenvalue weighted by Gasteiger charge is 2.20. The van der Waals surface area contributed by atoms with Crippen LogP contribution in [0.5, 0.6) is 11.5 Å². The van der Waals surface area contributed by atoms with E-state index in [1.165, 1.54) is 0 Å². The summed E-state index contributed by atoms with van der Waals surface area (Å²) < 4.78 is 23.7. The van der Waals surface area contributed by atoms with Crippen molar-refractivity contribution in [3.8, 4) is 28.6 Å². The number of esters is 1. The minimum absolute atomic E-state index is 0.0411. The molecule has 0 N–H and O–H groups in total. The second-order valence-electron chi connectivity index (χ2n) is 7.42. The molecule has 34 heavy (non-hydrogen) atoms. The van der Waals surface area contributed by atoms with Crippen molar-refractivity contribution < 1.29 is 23.4 Å². The molecule has 0 amide bonds. The third-order valence-electron chi connectivity index (χ3n) is 5.13. The van der Waals surface area contributed by atoms with Crippen LogP contribution in [0.15, 0.2) is 52.9 Å². The Bertz CT molecular complexity index is 1260. The molecule has 0 atom stereocenters. The van der Waals surface area contributed by atoms with Gasteiger partial charge in [0.05, 0.1) is 24.6 Å². The highest BCUT2D eigenvalue weighted by atomic mass is 16.5. The molecule has 0 aliphatic heterocycles. The number of oxazole rings is 1. The molecule has 4 aromatic rings. The van der Waals surface area contributed by atoms with E-state index in [2.05, 4.69) is 15.3 Å². The molecule has 0 radical (unpaired) electrons. The molecule has 9 nitrogen and oxygen atoms in total. The highest BCUT2D eigenvalue weighted by Crippen LogP contribution is 2.25. The van der Waals surface area contributed by atoms with Gasteiger partial charge in [-0.05, 0) is 76.2 Å². The molecule has 0 aliphatic carbocycles. The van der Waals surface area contributed by atoms with Crippen LogP contribution in [-0.4, -0.2) is 39.2 Å². The second-order valence-corrected chi connectivity index (χ2v) is 7.42. The number of aromatic nitrogens is 4. The third kappa shape index (κ3) is 4.93. The summed E-state index contributed by atoms with van der Waals surface area (Å²) in [6.45, 7) is 8.54. The molecular formula is C25H26N4O5. The van der Waals surface area contributed by atoms with Gasteiger partial charge in [0.2, 0.25) is 5.89 Å². The standard InChI is InChI=1S/C25H26N4O5/c1-5-31-20-11-7-18(8-12-20)24-26-22(17(4)34-24)15-33-25(30)23-16(3)29(28-27-23)19-9-13-21(14-10-19)32-6-2/h7-14H,5-6,15H2,1-4H3. The van der Waals surface area contributed by atoms with Crippen molar-refractivity contribution in [2.75, 3.05) is 13.2 Å². The lowest BCUT2D eigenvalue weighted by molar-refractivity contribution is 0.0459. The molecule has 0 spiro atoms. The van der Waals surface area contributed by atoms with Crippen LogP contribution >= 0.6 is 0 Å². The number of aryl methyl sites for hydroxylation is 1. The first-order chi connectivity index (χ1) is 16.5. The Morgan fingerprint density at radius 2 is 1.56 bits per heavy atom. The van der Waals surface area contributed by atoms with E-state index in [0.717, 1.165) is 22.7 Å². The summed E-state index contributed by atoms with van der Waals surface area (Å²) in [5.74, 6) is 1.98. The molecule has 0 bridgehead atoms. The Labute approximate surface area is 197 Å². The zero-order valence-electron chi connectivity index (χ0n) is 19.6. The van der Waals surface area contributed by atoms with Crippen LogP contribution in [0.2, 0.25) is 0 Å².